The maximum Gasteiger partial charge on any atom is 0.343 e. The summed E-state index contributed by atoms with van der Waals surface area (Å²) in [7, 11) is 1.64. The molecule has 0 bridgehead atoms. The van der Waals surface area contributed by atoms with Crippen molar-refractivity contribution in [3.8, 4) is 11.8 Å². The van der Waals surface area contributed by atoms with Crippen molar-refractivity contribution in [2.24, 2.45) is 7.05 Å². The zero-order chi connectivity index (χ0) is 18.0. The van der Waals surface area contributed by atoms with Crippen LogP contribution in [0.15, 0.2) is 46.1 Å². The summed E-state index contributed by atoms with van der Waals surface area (Å²) in [6.07, 6.45) is 3.49. The Hall–Kier alpha value is -2.69. The second-order valence-electron chi connectivity index (χ2n) is 5.39. The van der Waals surface area contributed by atoms with Crippen LogP contribution in [0.2, 0.25) is 5.02 Å². The second-order valence-corrected chi connectivity index (χ2v) is 6.23. The van der Waals surface area contributed by atoms with Crippen LogP contribution in [-0.2, 0) is 13.6 Å². The first-order chi connectivity index (χ1) is 12.0. The number of ether oxygens (including phenoxy) is 1. The van der Waals surface area contributed by atoms with E-state index in [1.54, 1.807) is 37.5 Å². The van der Waals surface area contributed by atoms with Crippen LogP contribution >= 0.6 is 23.2 Å². The number of hydrogen-bond donors (Lipinski definition) is 1. The first-order valence-electron chi connectivity index (χ1n) is 7.26. The van der Waals surface area contributed by atoms with Crippen LogP contribution in [0.3, 0.4) is 0 Å². The van der Waals surface area contributed by atoms with E-state index < -0.39 is 0 Å². The van der Waals surface area contributed by atoms with Gasteiger partial charge in [-0.3, -0.25) is 4.57 Å². The summed E-state index contributed by atoms with van der Waals surface area (Å²) in [6, 6.07) is 6.77. The lowest BCUT2D eigenvalue weighted by Crippen LogP contribution is -2.27. The number of nitrogens with zero attached hydrogens (tertiary/aromatic N) is 4. The van der Waals surface area contributed by atoms with Gasteiger partial charge in [0.15, 0.2) is 5.82 Å². The van der Waals surface area contributed by atoms with Gasteiger partial charge in [0, 0.05) is 18.3 Å². The lowest BCUT2D eigenvalue weighted by atomic mass is 10.2. The molecule has 2 heterocycles. The van der Waals surface area contributed by atoms with Gasteiger partial charge in [0.05, 0.1) is 29.8 Å². The summed E-state index contributed by atoms with van der Waals surface area (Å²) in [6.45, 7) is 0.784. The molecule has 9 heteroatoms. The number of benzene rings is 1. The highest BCUT2D eigenvalue weighted by molar-refractivity contribution is 6.31. The fourth-order valence-corrected chi connectivity index (χ4v) is 2.68. The van der Waals surface area contributed by atoms with E-state index in [1.807, 2.05) is 11.0 Å². The highest BCUT2D eigenvalue weighted by Crippen LogP contribution is 2.26. The maximum atomic E-state index is 11.4. The summed E-state index contributed by atoms with van der Waals surface area (Å²) in [5.41, 5.74) is 0.123. The van der Waals surface area contributed by atoms with Crippen molar-refractivity contribution in [2.75, 3.05) is 6.54 Å². The zero-order valence-corrected chi connectivity index (χ0v) is 14.7. The zero-order valence-electron chi connectivity index (χ0n) is 13.2. The second kappa shape index (κ2) is 7.05. The number of hydrogen-bond acceptors (Lipinski definition) is 5. The smallest absolute Gasteiger partial charge is 0.343 e. The summed E-state index contributed by atoms with van der Waals surface area (Å²) < 4.78 is 7.25. The van der Waals surface area contributed by atoms with Crippen LogP contribution in [0.5, 0.6) is 5.75 Å². The van der Waals surface area contributed by atoms with Crippen LogP contribution in [-0.4, -0.2) is 26.2 Å². The molecular formula is C16H13Cl2N5O2. The molecule has 1 aromatic carbocycles. The highest BCUT2D eigenvalue weighted by atomic mass is 35.5. The van der Waals surface area contributed by atoms with Crippen molar-refractivity contribution >= 4 is 23.2 Å². The van der Waals surface area contributed by atoms with Gasteiger partial charge in [-0.1, -0.05) is 23.2 Å². The quantitative estimate of drug-likeness (QED) is 0.884. The Morgan fingerprint density at radius 2 is 2.20 bits per heavy atom. The molecule has 0 unspecified atom stereocenters. The van der Waals surface area contributed by atoms with Crippen molar-refractivity contribution in [1.82, 2.24) is 19.7 Å². The average Bonchev–Trinajstić information content (AvgIpc) is 2.89. The first kappa shape index (κ1) is 17.1. The molecule has 1 aliphatic heterocycles. The third-order valence-electron chi connectivity index (χ3n) is 3.60. The number of aromatic amines is 1. The van der Waals surface area contributed by atoms with Gasteiger partial charge >= 0.3 is 5.69 Å². The van der Waals surface area contributed by atoms with E-state index >= 15 is 0 Å². The molecule has 0 atom stereocenters. The highest BCUT2D eigenvalue weighted by Gasteiger charge is 2.17. The van der Waals surface area contributed by atoms with Crippen LogP contribution in [0.1, 0.15) is 11.4 Å². The monoisotopic (exact) mass is 377 g/mol. The van der Waals surface area contributed by atoms with Crippen LogP contribution < -0.4 is 10.4 Å². The molecule has 1 N–H and O–H groups in total. The van der Waals surface area contributed by atoms with Gasteiger partial charge in [0.2, 0.25) is 0 Å². The Morgan fingerprint density at radius 1 is 1.40 bits per heavy atom. The van der Waals surface area contributed by atoms with Gasteiger partial charge in [0.25, 0.3) is 0 Å². The number of rotatable bonds is 4. The van der Waals surface area contributed by atoms with E-state index in [9.17, 15) is 4.79 Å². The van der Waals surface area contributed by atoms with E-state index in [-0.39, 0.29) is 5.69 Å². The number of H-pyrrole nitrogens is 1. The molecule has 0 amide bonds. The minimum atomic E-state index is -0.274. The first-order valence-corrected chi connectivity index (χ1v) is 8.01. The molecule has 0 saturated heterocycles. The van der Waals surface area contributed by atoms with Crippen molar-refractivity contribution in [1.29, 1.82) is 5.26 Å². The number of allylic oxidation sites excluding steroid dienone is 2. The lowest BCUT2D eigenvalue weighted by Gasteiger charge is -2.25. The van der Waals surface area contributed by atoms with Crippen LogP contribution in [0, 0.1) is 11.3 Å². The van der Waals surface area contributed by atoms with Crippen molar-refractivity contribution < 1.29 is 4.74 Å². The number of nitriles is 1. The molecular weight excluding hydrogens is 365 g/mol. The summed E-state index contributed by atoms with van der Waals surface area (Å²) >= 11 is 12.2. The molecule has 1 aliphatic rings. The summed E-state index contributed by atoms with van der Waals surface area (Å²) in [5.74, 6) is 1.53. The van der Waals surface area contributed by atoms with Crippen molar-refractivity contribution in [2.45, 2.75) is 6.54 Å². The SMILES string of the molecule is Cn1c(CN2C=CC(Cl)=C(Oc3cc(Cl)cc(C#N)c3)C2)n[nH]c1=O. The van der Waals surface area contributed by atoms with E-state index in [0.717, 1.165) is 0 Å². The fraction of sp³-hybridized carbons (Fsp3) is 0.188. The molecule has 128 valence electrons. The lowest BCUT2D eigenvalue weighted by molar-refractivity contribution is 0.304. The molecule has 3 rings (SSSR count). The Bertz CT molecular complexity index is 968. The molecule has 0 spiro atoms. The minimum Gasteiger partial charge on any atom is -0.458 e. The largest absolute Gasteiger partial charge is 0.458 e. The van der Waals surface area contributed by atoms with Gasteiger partial charge in [0.1, 0.15) is 11.5 Å². The van der Waals surface area contributed by atoms with Crippen molar-refractivity contribution in [3.05, 3.63) is 68.2 Å². The predicted octanol–water partition coefficient (Wildman–Crippen LogP) is 2.49. The number of nitrogens with one attached hydrogen (secondary N) is 1. The van der Waals surface area contributed by atoms with Gasteiger partial charge in [-0.05, 0) is 24.3 Å². The molecule has 0 aliphatic carbocycles. The average molecular weight is 378 g/mol. The standard InChI is InChI=1S/C16H13Cl2N5O2/c1-22-15(20-21-16(22)24)9-23-3-2-13(18)14(8-23)25-12-5-10(7-19)4-11(17)6-12/h2-6H,8-9H2,1H3,(H,21,24). The van der Waals surface area contributed by atoms with E-state index in [0.29, 0.717) is 46.0 Å². The summed E-state index contributed by atoms with van der Waals surface area (Å²) in [4.78, 5) is 13.3. The number of aromatic nitrogens is 3. The Balaban J connectivity index is 1.77. The number of halogens is 2. The minimum absolute atomic E-state index is 0.274. The molecule has 2 aromatic rings. The van der Waals surface area contributed by atoms with Gasteiger partial charge in [-0.2, -0.15) is 10.4 Å². The van der Waals surface area contributed by atoms with Crippen LogP contribution in [0.4, 0.5) is 0 Å². The van der Waals surface area contributed by atoms with Crippen LogP contribution in [0.25, 0.3) is 0 Å². The Morgan fingerprint density at radius 3 is 2.88 bits per heavy atom. The summed E-state index contributed by atoms with van der Waals surface area (Å²) in [5, 5.41) is 16.2. The van der Waals surface area contributed by atoms with E-state index in [4.69, 9.17) is 33.2 Å². The topological polar surface area (TPSA) is 86.9 Å². The Kier molecular flexibility index (Phi) is 4.83. The third kappa shape index (κ3) is 3.87. The fourth-order valence-electron chi connectivity index (χ4n) is 2.30. The molecule has 25 heavy (non-hydrogen) atoms. The van der Waals surface area contributed by atoms with Gasteiger partial charge < -0.3 is 9.64 Å². The Labute approximate surface area is 153 Å². The van der Waals surface area contributed by atoms with Gasteiger partial charge in [-0.25, -0.2) is 9.89 Å². The van der Waals surface area contributed by atoms with Crippen molar-refractivity contribution in [3.63, 3.8) is 0 Å². The molecule has 7 nitrogen and oxygen atoms in total. The molecule has 1 aromatic heterocycles. The normalized spacial score (nSPS) is 13.9. The van der Waals surface area contributed by atoms with E-state index in [1.165, 1.54) is 4.57 Å². The maximum absolute atomic E-state index is 11.4. The molecule has 0 fully saturated rings. The molecule has 0 radical (unpaired) electrons. The van der Waals surface area contributed by atoms with E-state index in [2.05, 4.69) is 10.2 Å². The molecule has 0 saturated carbocycles. The van der Waals surface area contributed by atoms with Gasteiger partial charge in [-0.15, -0.1) is 0 Å². The third-order valence-corrected chi connectivity index (χ3v) is 4.16. The predicted molar refractivity (Wildman–Crippen MR) is 93.1 cm³/mol.